The summed E-state index contributed by atoms with van der Waals surface area (Å²) in [5, 5.41) is 0.623. The molecule has 0 radical (unpaired) electrons. The van der Waals surface area contributed by atoms with E-state index in [1.807, 2.05) is 0 Å². The molecular formula is C18H26NaO4PS. The Bertz CT molecular complexity index is 700. The monoisotopic (exact) mass is 392 g/mol. The Kier molecular flexibility index (Phi) is 7.83. The van der Waals surface area contributed by atoms with Gasteiger partial charge in [0.1, 0.15) is 17.3 Å². The number of hydrogen-bond acceptors (Lipinski definition) is 4. The molecule has 0 atom stereocenters. The maximum Gasteiger partial charge on any atom is 1.00 e. The van der Waals surface area contributed by atoms with Crippen LogP contribution in [0.15, 0.2) is 29.2 Å². The fourth-order valence-electron chi connectivity index (χ4n) is 4.51. The van der Waals surface area contributed by atoms with Crippen molar-refractivity contribution in [2.45, 2.75) is 80.4 Å². The molecule has 0 aliphatic heterocycles. The van der Waals surface area contributed by atoms with Crippen molar-refractivity contribution in [1.82, 2.24) is 0 Å². The van der Waals surface area contributed by atoms with Crippen LogP contribution in [-0.4, -0.2) is 24.3 Å². The molecule has 0 bridgehead atoms. The largest absolute Gasteiger partial charge is 1.00 e. The van der Waals surface area contributed by atoms with E-state index >= 15 is 0 Å². The van der Waals surface area contributed by atoms with Crippen LogP contribution in [0.2, 0.25) is 0 Å². The van der Waals surface area contributed by atoms with E-state index in [9.17, 15) is 17.5 Å². The summed E-state index contributed by atoms with van der Waals surface area (Å²) >= 11 is 0. The molecule has 0 heterocycles. The van der Waals surface area contributed by atoms with Crippen LogP contribution in [0.25, 0.3) is 0 Å². The first-order valence-electron chi connectivity index (χ1n) is 9.08. The first-order valence-corrected chi connectivity index (χ1v) is 12.3. The summed E-state index contributed by atoms with van der Waals surface area (Å²) in [5.41, 5.74) is 0.304. The fraction of sp³-hybridized carbons (Fsp3) is 0.667. The molecule has 2 aliphatic carbocycles. The smallest absolute Gasteiger partial charge is 0.744 e. The summed E-state index contributed by atoms with van der Waals surface area (Å²) in [7, 11) is -7.24. The van der Waals surface area contributed by atoms with Crippen LogP contribution in [0.4, 0.5) is 0 Å². The molecule has 25 heavy (non-hydrogen) atoms. The second kappa shape index (κ2) is 9.03. The van der Waals surface area contributed by atoms with Gasteiger partial charge in [0.05, 0.1) is 4.90 Å². The zero-order valence-electron chi connectivity index (χ0n) is 15.0. The molecule has 0 N–H and O–H groups in total. The van der Waals surface area contributed by atoms with E-state index in [1.165, 1.54) is 25.0 Å². The number of hydrogen-bond donors (Lipinski definition) is 0. The average molecular weight is 392 g/mol. The summed E-state index contributed by atoms with van der Waals surface area (Å²) in [6.45, 7) is 0. The van der Waals surface area contributed by atoms with E-state index in [-0.39, 0.29) is 45.8 Å². The van der Waals surface area contributed by atoms with E-state index in [4.69, 9.17) is 0 Å². The summed E-state index contributed by atoms with van der Waals surface area (Å²) in [4.78, 5) is -0.244. The Morgan fingerprint density at radius 3 is 1.80 bits per heavy atom. The Labute approximate surface area is 173 Å². The Morgan fingerprint density at radius 2 is 1.36 bits per heavy atom. The SMILES string of the molecule is O=P(c1cccc(S(=O)(=O)[O-])c1)(C1CCCCC1)C1CCCCC1.[Na+]. The molecule has 1 aromatic carbocycles. The zero-order valence-corrected chi connectivity index (χ0v) is 18.7. The molecule has 0 aromatic heterocycles. The standard InChI is InChI=1S/C18H27O4PS.Na/c19-23(15-8-3-1-4-9-15,16-10-5-2-6-11-16)17-12-7-13-18(14-17)24(20,21)22;/h7,12-16H,1-6,8-11H2,(H,20,21,22);/q;+1/p-1. The maximum atomic E-state index is 14.3. The van der Waals surface area contributed by atoms with Crippen LogP contribution in [0, 0.1) is 0 Å². The number of benzene rings is 1. The molecule has 0 spiro atoms. The number of rotatable bonds is 4. The molecule has 3 rings (SSSR count). The summed E-state index contributed by atoms with van der Waals surface area (Å²) in [5.74, 6) is 0. The topological polar surface area (TPSA) is 74.3 Å². The van der Waals surface area contributed by atoms with E-state index < -0.39 is 17.3 Å². The van der Waals surface area contributed by atoms with Crippen molar-refractivity contribution in [2.75, 3.05) is 0 Å². The van der Waals surface area contributed by atoms with Gasteiger partial charge in [-0.2, -0.15) is 0 Å². The van der Waals surface area contributed by atoms with Gasteiger partial charge in [0.15, 0.2) is 0 Å². The van der Waals surface area contributed by atoms with Crippen LogP contribution in [0.1, 0.15) is 64.2 Å². The molecule has 2 fully saturated rings. The van der Waals surface area contributed by atoms with Gasteiger partial charge >= 0.3 is 29.6 Å². The van der Waals surface area contributed by atoms with Gasteiger partial charge in [0.2, 0.25) is 0 Å². The van der Waals surface area contributed by atoms with Crippen molar-refractivity contribution >= 4 is 22.6 Å². The van der Waals surface area contributed by atoms with Crippen LogP contribution in [-0.2, 0) is 14.7 Å². The molecule has 4 nitrogen and oxygen atoms in total. The van der Waals surface area contributed by atoms with Gasteiger partial charge in [-0.05, 0) is 37.8 Å². The molecular weight excluding hydrogens is 366 g/mol. The van der Waals surface area contributed by atoms with Crippen LogP contribution in [0.5, 0.6) is 0 Å². The van der Waals surface area contributed by atoms with Gasteiger partial charge in [0, 0.05) is 16.6 Å². The van der Waals surface area contributed by atoms with E-state index in [0.717, 1.165) is 51.4 Å². The second-order valence-corrected chi connectivity index (χ2v) is 12.0. The molecule has 134 valence electrons. The third-order valence-corrected chi connectivity index (χ3v) is 10.9. The van der Waals surface area contributed by atoms with E-state index in [2.05, 4.69) is 0 Å². The minimum atomic E-state index is -4.52. The van der Waals surface area contributed by atoms with Gasteiger partial charge in [-0.15, -0.1) is 0 Å². The van der Waals surface area contributed by atoms with E-state index in [0.29, 0.717) is 5.30 Å². The predicted octanol–water partition coefficient (Wildman–Crippen LogP) is 1.25. The predicted molar refractivity (Wildman–Crippen MR) is 95.4 cm³/mol. The Hall–Kier alpha value is 0.360. The second-order valence-electron chi connectivity index (χ2n) is 7.24. The van der Waals surface area contributed by atoms with Crippen molar-refractivity contribution in [3.63, 3.8) is 0 Å². The Morgan fingerprint density at radius 1 is 0.880 bits per heavy atom. The molecule has 0 unspecified atom stereocenters. The van der Waals surface area contributed by atoms with Gasteiger partial charge in [0.25, 0.3) is 0 Å². The minimum absolute atomic E-state index is 0. The summed E-state index contributed by atoms with van der Waals surface area (Å²) < 4.78 is 48.6. The van der Waals surface area contributed by atoms with Gasteiger partial charge in [-0.1, -0.05) is 50.7 Å². The van der Waals surface area contributed by atoms with Crippen molar-refractivity contribution < 1.29 is 47.1 Å². The van der Waals surface area contributed by atoms with Gasteiger partial charge in [-0.25, -0.2) is 8.42 Å². The Balaban J connectivity index is 0.00000225. The van der Waals surface area contributed by atoms with Crippen LogP contribution >= 0.6 is 7.14 Å². The van der Waals surface area contributed by atoms with Crippen molar-refractivity contribution in [2.24, 2.45) is 0 Å². The normalized spacial score (nSPS) is 20.8. The zero-order chi connectivity index (χ0) is 17.2. The van der Waals surface area contributed by atoms with Crippen LogP contribution in [0.3, 0.4) is 0 Å². The fourth-order valence-corrected chi connectivity index (χ4v) is 9.47. The summed E-state index contributed by atoms with van der Waals surface area (Å²) in [6, 6.07) is 6.10. The van der Waals surface area contributed by atoms with Crippen LogP contribution < -0.4 is 34.9 Å². The third-order valence-electron chi connectivity index (χ3n) is 5.74. The maximum absolute atomic E-state index is 14.3. The minimum Gasteiger partial charge on any atom is -0.744 e. The van der Waals surface area contributed by atoms with E-state index in [1.54, 1.807) is 12.1 Å². The van der Waals surface area contributed by atoms with Crippen molar-refractivity contribution in [1.29, 1.82) is 0 Å². The molecule has 2 aliphatic rings. The van der Waals surface area contributed by atoms with Gasteiger partial charge in [-0.3, -0.25) is 0 Å². The molecule has 1 aromatic rings. The van der Waals surface area contributed by atoms with Gasteiger partial charge < -0.3 is 9.12 Å². The molecule has 7 heteroatoms. The quantitative estimate of drug-likeness (QED) is 0.439. The van der Waals surface area contributed by atoms with Crippen molar-refractivity contribution in [3.8, 4) is 0 Å². The van der Waals surface area contributed by atoms with Crippen molar-refractivity contribution in [3.05, 3.63) is 24.3 Å². The third kappa shape index (κ3) is 4.80. The molecule has 2 saturated carbocycles. The first kappa shape index (κ1) is 21.7. The summed E-state index contributed by atoms with van der Waals surface area (Å²) in [6.07, 6.45) is 10.6. The molecule has 0 saturated heterocycles. The average Bonchev–Trinajstić information content (AvgIpc) is 2.62. The molecule has 0 amide bonds. The first-order chi connectivity index (χ1) is 11.4.